The van der Waals surface area contributed by atoms with Gasteiger partial charge in [-0.05, 0) is 37.1 Å². The maximum Gasteiger partial charge on any atom is 0.275 e. The summed E-state index contributed by atoms with van der Waals surface area (Å²) in [4.78, 5) is 24.0. The van der Waals surface area contributed by atoms with Gasteiger partial charge in [-0.25, -0.2) is 0 Å². The number of nitrogens with two attached hydrogens (primary N) is 1. The maximum absolute atomic E-state index is 11.3. The van der Waals surface area contributed by atoms with Crippen molar-refractivity contribution in [2.45, 2.75) is 38.5 Å². The second-order valence-electron chi connectivity index (χ2n) is 6.80. The van der Waals surface area contributed by atoms with Gasteiger partial charge >= 0.3 is 0 Å². The molecule has 1 aliphatic heterocycles. The number of nitro groups is 1. The number of aliphatic hydroxyl groups excluding tert-OH is 1. The highest BCUT2D eigenvalue weighted by Crippen LogP contribution is 2.33. The molecule has 0 saturated carbocycles. The molecule has 0 aliphatic carbocycles. The number of para-hydroxylation sites is 1. The number of hydrogen-bond donors (Lipinski definition) is 2. The largest absolute Gasteiger partial charge is 0.471 e. The van der Waals surface area contributed by atoms with Gasteiger partial charge in [-0.2, -0.15) is 0 Å². The number of carbonyl (C=O) groups excluding carboxylic acids is 1. The molecule has 0 spiro atoms. The zero-order valence-corrected chi connectivity index (χ0v) is 15.6. The molecule has 8 nitrogen and oxygen atoms in total. The molecule has 2 aromatic rings. The molecule has 1 aliphatic rings. The van der Waals surface area contributed by atoms with Crippen molar-refractivity contribution in [1.82, 2.24) is 0 Å². The van der Waals surface area contributed by atoms with Gasteiger partial charge in [0.2, 0.25) is 5.91 Å². The van der Waals surface area contributed by atoms with Crippen molar-refractivity contribution in [2.24, 2.45) is 5.73 Å². The third kappa shape index (κ3) is 4.23. The van der Waals surface area contributed by atoms with Crippen molar-refractivity contribution in [1.29, 1.82) is 0 Å². The van der Waals surface area contributed by atoms with Crippen molar-refractivity contribution in [3.8, 4) is 5.75 Å². The number of hydrogen-bond acceptors (Lipinski definition) is 6. The Bertz CT molecular complexity index is 884. The van der Waals surface area contributed by atoms with E-state index in [1.807, 2.05) is 18.2 Å². The minimum absolute atomic E-state index is 0.152. The second-order valence-corrected chi connectivity index (χ2v) is 6.80. The third-order valence-corrected chi connectivity index (χ3v) is 4.83. The SMILES string of the molecule is CC(O)c1cc(OC(CCC(N)=O)N2CCc3ccccc32)ccc1[N+](=O)[O-]. The van der Waals surface area contributed by atoms with Gasteiger partial charge in [0, 0.05) is 31.1 Å². The molecule has 3 N–H and O–H groups in total. The van der Waals surface area contributed by atoms with E-state index in [-0.39, 0.29) is 17.7 Å². The smallest absolute Gasteiger partial charge is 0.275 e. The highest BCUT2D eigenvalue weighted by atomic mass is 16.6. The molecule has 0 aromatic heterocycles. The zero-order chi connectivity index (χ0) is 20.3. The number of nitrogens with zero attached hydrogens (tertiary/aromatic N) is 2. The van der Waals surface area contributed by atoms with E-state index in [0.29, 0.717) is 12.2 Å². The number of nitro benzene ring substituents is 1. The Hall–Kier alpha value is -3.13. The second kappa shape index (κ2) is 8.26. The lowest BCUT2D eigenvalue weighted by atomic mass is 10.1. The van der Waals surface area contributed by atoms with Gasteiger partial charge in [0.15, 0.2) is 6.23 Å². The Morgan fingerprint density at radius 2 is 2.11 bits per heavy atom. The van der Waals surface area contributed by atoms with Gasteiger partial charge in [-0.1, -0.05) is 18.2 Å². The summed E-state index contributed by atoms with van der Waals surface area (Å²) in [6, 6.07) is 12.3. The fourth-order valence-electron chi connectivity index (χ4n) is 3.47. The Morgan fingerprint density at radius 3 is 2.79 bits per heavy atom. The summed E-state index contributed by atoms with van der Waals surface area (Å²) < 4.78 is 6.12. The average molecular weight is 385 g/mol. The molecule has 0 saturated heterocycles. The van der Waals surface area contributed by atoms with Gasteiger partial charge in [-0.3, -0.25) is 14.9 Å². The minimum atomic E-state index is -1.01. The molecule has 2 aromatic carbocycles. The van der Waals surface area contributed by atoms with Crippen LogP contribution in [0.15, 0.2) is 42.5 Å². The first-order valence-electron chi connectivity index (χ1n) is 9.12. The summed E-state index contributed by atoms with van der Waals surface area (Å²) >= 11 is 0. The van der Waals surface area contributed by atoms with Crippen molar-refractivity contribution in [3.63, 3.8) is 0 Å². The van der Waals surface area contributed by atoms with E-state index >= 15 is 0 Å². The molecule has 0 radical (unpaired) electrons. The number of anilines is 1. The maximum atomic E-state index is 11.3. The lowest BCUT2D eigenvalue weighted by Gasteiger charge is -2.30. The number of aliphatic hydroxyl groups is 1. The van der Waals surface area contributed by atoms with Crippen molar-refractivity contribution < 1.29 is 19.6 Å². The summed E-state index contributed by atoms with van der Waals surface area (Å²) in [6.45, 7) is 2.20. The summed E-state index contributed by atoms with van der Waals surface area (Å²) in [5, 5.41) is 21.1. The first-order valence-corrected chi connectivity index (χ1v) is 9.12. The van der Waals surface area contributed by atoms with Crippen LogP contribution >= 0.6 is 0 Å². The van der Waals surface area contributed by atoms with E-state index in [9.17, 15) is 20.0 Å². The highest BCUT2D eigenvalue weighted by Gasteiger charge is 2.28. The van der Waals surface area contributed by atoms with Crippen LogP contribution in [-0.2, 0) is 11.2 Å². The normalized spacial score (nSPS) is 15.0. The summed E-state index contributed by atoms with van der Waals surface area (Å²) in [7, 11) is 0. The van der Waals surface area contributed by atoms with Gasteiger partial charge in [0.25, 0.3) is 5.69 Å². The number of primary amides is 1. The quantitative estimate of drug-likeness (QED) is 0.533. The van der Waals surface area contributed by atoms with E-state index in [0.717, 1.165) is 18.7 Å². The van der Waals surface area contributed by atoms with Crippen LogP contribution in [0.5, 0.6) is 5.75 Å². The standard InChI is InChI=1S/C20H23N3O5/c1-13(24)16-12-15(6-7-18(16)23(26)27)28-20(9-8-19(21)25)22-11-10-14-4-2-3-5-17(14)22/h2-7,12-13,20,24H,8-11H2,1H3,(H2,21,25). The molecule has 3 rings (SSSR count). The fourth-order valence-corrected chi connectivity index (χ4v) is 3.47. The lowest BCUT2D eigenvalue weighted by molar-refractivity contribution is -0.386. The lowest BCUT2D eigenvalue weighted by Crippen LogP contribution is -2.39. The molecule has 148 valence electrons. The minimum Gasteiger partial charge on any atom is -0.471 e. The first-order chi connectivity index (χ1) is 13.4. The molecule has 0 fully saturated rings. The third-order valence-electron chi connectivity index (χ3n) is 4.83. The molecule has 1 heterocycles. The molecular weight excluding hydrogens is 362 g/mol. The van der Waals surface area contributed by atoms with Gasteiger partial charge in [0.1, 0.15) is 5.75 Å². The highest BCUT2D eigenvalue weighted by molar-refractivity contribution is 5.73. The van der Waals surface area contributed by atoms with Crippen LogP contribution in [0.1, 0.15) is 37.0 Å². The topological polar surface area (TPSA) is 119 Å². The van der Waals surface area contributed by atoms with Crippen LogP contribution in [-0.4, -0.2) is 28.7 Å². The number of ether oxygens (including phenoxy) is 1. The van der Waals surface area contributed by atoms with Crippen LogP contribution in [0.2, 0.25) is 0 Å². The fraction of sp³-hybridized carbons (Fsp3) is 0.350. The van der Waals surface area contributed by atoms with Gasteiger partial charge in [0.05, 0.1) is 16.6 Å². The van der Waals surface area contributed by atoms with Crippen molar-refractivity contribution in [2.75, 3.05) is 11.4 Å². The zero-order valence-electron chi connectivity index (χ0n) is 15.6. The molecular formula is C20H23N3O5. The van der Waals surface area contributed by atoms with Crippen LogP contribution in [0.3, 0.4) is 0 Å². The van der Waals surface area contributed by atoms with Crippen LogP contribution in [0, 0.1) is 10.1 Å². The molecule has 28 heavy (non-hydrogen) atoms. The number of amides is 1. The van der Waals surface area contributed by atoms with E-state index in [1.165, 1.54) is 30.7 Å². The monoisotopic (exact) mass is 385 g/mol. The Labute approximate surface area is 162 Å². The van der Waals surface area contributed by atoms with Crippen LogP contribution < -0.4 is 15.4 Å². The Morgan fingerprint density at radius 1 is 1.36 bits per heavy atom. The van der Waals surface area contributed by atoms with Crippen LogP contribution in [0.4, 0.5) is 11.4 Å². The van der Waals surface area contributed by atoms with E-state index < -0.39 is 23.2 Å². The molecule has 1 amide bonds. The van der Waals surface area contributed by atoms with Gasteiger partial charge in [-0.15, -0.1) is 0 Å². The van der Waals surface area contributed by atoms with Crippen LogP contribution in [0.25, 0.3) is 0 Å². The van der Waals surface area contributed by atoms with E-state index in [4.69, 9.17) is 10.5 Å². The Balaban J connectivity index is 1.89. The predicted octanol–water partition coefficient (Wildman–Crippen LogP) is 2.68. The Kier molecular flexibility index (Phi) is 5.79. The number of carbonyl (C=O) groups is 1. The number of rotatable bonds is 8. The number of benzene rings is 2. The first kappa shape index (κ1) is 19.6. The molecule has 2 unspecified atom stereocenters. The van der Waals surface area contributed by atoms with E-state index in [1.54, 1.807) is 0 Å². The van der Waals surface area contributed by atoms with Crippen molar-refractivity contribution >= 4 is 17.3 Å². The summed E-state index contributed by atoms with van der Waals surface area (Å²) in [5.74, 6) is -0.0326. The molecule has 0 bridgehead atoms. The number of fused-ring (bicyclic) bond motifs is 1. The summed E-state index contributed by atoms with van der Waals surface area (Å²) in [6.07, 6.45) is -0.0734. The van der Waals surface area contributed by atoms with E-state index in [2.05, 4.69) is 11.0 Å². The van der Waals surface area contributed by atoms with Crippen molar-refractivity contribution in [3.05, 3.63) is 63.7 Å². The van der Waals surface area contributed by atoms with Gasteiger partial charge < -0.3 is 20.5 Å². The molecule has 2 atom stereocenters. The molecule has 8 heteroatoms. The average Bonchev–Trinajstić information content (AvgIpc) is 3.08. The predicted molar refractivity (Wildman–Crippen MR) is 104 cm³/mol. The summed E-state index contributed by atoms with van der Waals surface area (Å²) in [5.41, 5.74) is 7.57.